The number of rotatable bonds is 9. The van der Waals surface area contributed by atoms with E-state index in [0.29, 0.717) is 41.2 Å². The molecule has 0 unspecified atom stereocenters. The molecule has 0 aromatic heterocycles. The van der Waals surface area contributed by atoms with Gasteiger partial charge in [-0.3, -0.25) is 4.79 Å². The molecule has 140 valence electrons. The average molecular weight is 380 g/mol. The third-order valence-electron chi connectivity index (χ3n) is 3.49. The van der Waals surface area contributed by atoms with Crippen molar-refractivity contribution in [1.29, 1.82) is 0 Å². The quantitative estimate of drug-likeness (QED) is 0.673. The molecule has 0 radical (unpaired) electrons. The molecule has 2 rings (SSSR count). The van der Waals surface area contributed by atoms with Gasteiger partial charge in [0.1, 0.15) is 12.4 Å². The normalized spacial score (nSPS) is 10.3. The van der Waals surface area contributed by atoms with E-state index in [-0.39, 0.29) is 12.5 Å². The monoisotopic (exact) mass is 379 g/mol. The maximum atomic E-state index is 12.1. The van der Waals surface area contributed by atoms with Crippen LogP contribution in [0.25, 0.3) is 0 Å². The number of benzene rings is 2. The van der Waals surface area contributed by atoms with E-state index in [4.69, 9.17) is 30.5 Å². The first-order valence-electron chi connectivity index (χ1n) is 8.02. The number of ether oxygens (including phenoxy) is 4. The number of amides is 1. The van der Waals surface area contributed by atoms with Gasteiger partial charge in [-0.05, 0) is 42.8 Å². The molecule has 1 amide bonds. The van der Waals surface area contributed by atoms with Gasteiger partial charge in [0, 0.05) is 23.9 Å². The first-order valence-corrected chi connectivity index (χ1v) is 8.40. The Hall–Kier alpha value is -2.44. The van der Waals surface area contributed by atoms with Crippen LogP contribution in [0.15, 0.2) is 36.4 Å². The maximum Gasteiger partial charge on any atom is 0.262 e. The van der Waals surface area contributed by atoms with E-state index in [9.17, 15) is 4.79 Å². The summed E-state index contributed by atoms with van der Waals surface area (Å²) in [5.41, 5.74) is 1.47. The topological polar surface area (TPSA) is 66.0 Å². The van der Waals surface area contributed by atoms with Crippen LogP contribution in [0.1, 0.15) is 5.56 Å². The van der Waals surface area contributed by atoms with Crippen molar-refractivity contribution >= 4 is 23.2 Å². The van der Waals surface area contributed by atoms with Gasteiger partial charge < -0.3 is 24.3 Å². The Labute approximate surface area is 158 Å². The SMILES string of the molecule is COCCOc1cc(NC(=O)COc2ccc(Cl)c(C)c2)ccc1OC. The van der Waals surface area contributed by atoms with Gasteiger partial charge >= 0.3 is 0 Å². The first kappa shape index (κ1) is 19.9. The molecule has 26 heavy (non-hydrogen) atoms. The lowest BCUT2D eigenvalue weighted by molar-refractivity contribution is -0.118. The van der Waals surface area contributed by atoms with Crippen LogP contribution in [-0.2, 0) is 9.53 Å². The Balaban J connectivity index is 1.94. The highest BCUT2D eigenvalue weighted by atomic mass is 35.5. The van der Waals surface area contributed by atoms with Crippen molar-refractivity contribution in [2.45, 2.75) is 6.92 Å². The number of hydrogen-bond donors (Lipinski definition) is 1. The molecule has 0 bridgehead atoms. The van der Waals surface area contributed by atoms with Gasteiger partial charge in [0.05, 0.1) is 13.7 Å². The molecule has 7 heteroatoms. The molecule has 6 nitrogen and oxygen atoms in total. The largest absolute Gasteiger partial charge is 0.493 e. The van der Waals surface area contributed by atoms with Crippen LogP contribution in [0.5, 0.6) is 17.2 Å². The Kier molecular flexibility index (Phi) is 7.56. The second-order valence-corrected chi connectivity index (χ2v) is 5.86. The minimum Gasteiger partial charge on any atom is -0.493 e. The molecule has 0 saturated carbocycles. The molecule has 0 aliphatic rings. The number of aryl methyl sites for hydroxylation is 1. The summed E-state index contributed by atoms with van der Waals surface area (Å²) in [4.78, 5) is 12.1. The lowest BCUT2D eigenvalue weighted by atomic mass is 10.2. The van der Waals surface area contributed by atoms with Crippen molar-refractivity contribution in [3.05, 3.63) is 47.0 Å². The van der Waals surface area contributed by atoms with E-state index >= 15 is 0 Å². The second-order valence-electron chi connectivity index (χ2n) is 5.45. The molecule has 0 atom stereocenters. The van der Waals surface area contributed by atoms with Crippen LogP contribution in [0.2, 0.25) is 5.02 Å². The molecule has 2 aromatic rings. The summed E-state index contributed by atoms with van der Waals surface area (Å²) >= 11 is 5.97. The summed E-state index contributed by atoms with van der Waals surface area (Å²) in [6.45, 7) is 2.59. The lowest BCUT2D eigenvalue weighted by Crippen LogP contribution is -2.20. The van der Waals surface area contributed by atoms with Gasteiger partial charge in [0.2, 0.25) is 0 Å². The fraction of sp³-hybridized carbons (Fsp3) is 0.316. The molecule has 0 heterocycles. The van der Waals surface area contributed by atoms with Crippen molar-refractivity contribution in [2.75, 3.05) is 39.4 Å². The van der Waals surface area contributed by atoms with Crippen molar-refractivity contribution in [3.8, 4) is 17.2 Å². The van der Waals surface area contributed by atoms with Gasteiger partial charge in [0.25, 0.3) is 5.91 Å². The van der Waals surface area contributed by atoms with Crippen molar-refractivity contribution < 1.29 is 23.7 Å². The van der Waals surface area contributed by atoms with E-state index < -0.39 is 0 Å². The molecule has 0 aliphatic heterocycles. The van der Waals surface area contributed by atoms with Crippen molar-refractivity contribution in [3.63, 3.8) is 0 Å². The standard InChI is InChI=1S/C19H22ClNO5/c1-13-10-15(5-6-16(13)20)26-12-19(22)21-14-4-7-17(24-3)18(11-14)25-9-8-23-2/h4-7,10-11H,8-9,12H2,1-3H3,(H,21,22). The highest BCUT2D eigenvalue weighted by Crippen LogP contribution is 2.30. The zero-order valence-electron chi connectivity index (χ0n) is 15.0. The van der Waals surface area contributed by atoms with E-state index in [1.54, 1.807) is 50.6 Å². The fourth-order valence-corrected chi connectivity index (χ4v) is 2.27. The fourth-order valence-electron chi connectivity index (χ4n) is 2.16. The van der Waals surface area contributed by atoms with Crippen LogP contribution < -0.4 is 19.5 Å². The molecule has 1 N–H and O–H groups in total. The second kappa shape index (κ2) is 9.89. The van der Waals surface area contributed by atoms with E-state index in [1.165, 1.54) is 0 Å². The Morgan fingerprint density at radius 1 is 1.04 bits per heavy atom. The molecule has 0 aliphatic carbocycles. The summed E-state index contributed by atoms with van der Waals surface area (Å²) in [6, 6.07) is 10.4. The van der Waals surface area contributed by atoms with Crippen LogP contribution in [0, 0.1) is 6.92 Å². The van der Waals surface area contributed by atoms with E-state index in [2.05, 4.69) is 5.32 Å². The third-order valence-corrected chi connectivity index (χ3v) is 3.92. The highest BCUT2D eigenvalue weighted by molar-refractivity contribution is 6.31. The third kappa shape index (κ3) is 5.82. The average Bonchev–Trinajstić information content (AvgIpc) is 2.63. The molecule has 0 fully saturated rings. The zero-order valence-corrected chi connectivity index (χ0v) is 15.8. The minimum atomic E-state index is -0.286. The molecule has 2 aromatic carbocycles. The minimum absolute atomic E-state index is 0.118. The Morgan fingerprint density at radius 3 is 2.54 bits per heavy atom. The first-order chi connectivity index (χ1) is 12.5. The van der Waals surface area contributed by atoms with Crippen LogP contribution in [0.4, 0.5) is 5.69 Å². The highest BCUT2D eigenvalue weighted by Gasteiger charge is 2.09. The molecular weight excluding hydrogens is 358 g/mol. The summed E-state index contributed by atoms with van der Waals surface area (Å²) in [5.74, 6) is 1.40. The van der Waals surface area contributed by atoms with E-state index in [1.807, 2.05) is 6.92 Å². The zero-order chi connectivity index (χ0) is 18.9. The lowest BCUT2D eigenvalue weighted by Gasteiger charge is -2.13. The number of carbonyl (C=O) groups is 1. The van der Waals surface area contributed by atoms with Crippen LogP contribution >= 0.6 is 11.6 Å². The number of nitrogens with one attached hydrogen (secondary N) is 1. The number of hydrogen-bond acceptors (Lipinski definition) is 5. The van der Waals surface area contributed by atoms with Gasteiger partial charge in [-0.1, -0.05) is 11.6 Å². The van der Waals surface area contributed by atoms with E-state index in [0.717, 1.165) is 5.56 Å². The number of methoxy groups -OCH3 is 2. The van der Waals surface area contributed by atoms with Gasteiger partial charge in [-0.2, -0.15) is 0 Å². The van der Waals surface area contributed by atoms with Gasteiger partial charge in [-0.15, -0.1) is 0 Å². The molecule has 0 spiro atoms. The Bertz CT molecular complexity index is 751. The number of halogens is 1. The predicted octanol–water partition coefficient (Wildman–Crippen LogP) is 3.70. The van der Waals surface area contributed by atoms with Gasteiger partial charge in [-0.25, -0.2) is 0 Å². The number of anilines is 1. The molecule has 0 saturated heterocycles. The summed E-state index contributed by atoms with van der Waals surface area (Å²) in [5, 5.41) is 3.42. The van der Waals surface area contributed by atoms with Gasteiger partial charge in [0.15, 0.2) is 18.1 Å². The summed E-state index contributed by atoms with van der Waals surface area (Å²) in [7, 11) is 3.15. The summed E-state index contributed by atoms with van der Waals surface area (Å²) in [6.07, 6.45) is 0. The van der Waals surface area contributed by atoms with Crippen molar-refractivity contribution in [2.24, 2.45) is 0 Å². The van der Waals surface area contributed by atoms with Crippen LogP contribution in [-0.4, -0.2) is 39.9 Å². The molecular formula is C19H22ClNO5. The summed E-state index contributed by atoms with van der Waals surface area (Å²) < 4.78 is 21.3. The predicted molar refractivity (Wildman–Crippen MR) is 101 cm³/mol. The maximum absolute atomic E-state index is 12.1. The van der Waals surface area contributed by atoms with Crippen LogP contribution in [0.3, 0.4) is 0 Å². The van der Waals surface area contributed by atoms with Crippen molar-refractivity contribution in [1.82, 2.24) is 0 Å². The Morgan fingerprint density at radius 2 is 1.85 bits per heavy atom. The number of carbonyl (C=O) groups excluding carboxylic acids is 1. The smallest absolute Gasteiger partial charge is 0.262 e.